The van der Waals surface area contributed by atoms with Crippen molar-refractivity contribution in [3.63, 3.8) is 0 Å². The van der Waals surface area contributed by atoms with Crippen LogP contribution in [0.25, 0.3) is 10.8 Å². The summed E-state index contributed by atoms with van der Waals surface area (Å²) < 4.78 is 5.55. The third-order valence-electron chi connectivity index (χ3n) is 2.41. The first-order chi connectivity index (χ1) is 7.33. The smallest absolute Gasteiger partial charge is 0.130 e. The van der Waals surface area contributed by atoms with E-state index in [1.165, 1.54) is 0 Å². The van der Waals surface area contributed by atoms with E-state index in [1.807, 2.05) is 31.2 Å². The average Bonchev–Trinajstić information content (AvgIpc) is 2.28. The van der Waals surface area contributed by atoms with Gasteiger partial charge in [0.2, 0.25) is 0 Å². The molecule has 0 saturated heterocycles. The van der Waals surface area contributed by atoms with E-state index in [2.05, 4.69) is 12.1 Å². The molecule has 0 heterocycles. The van der Waals surface area contributed by atoms with Gasteiger partial charge in [-0.05, 0) is 17.9 Å². The zero-order valence-corrected chi connectivity index (χ0v) is 8.73. The van der Waals surface area contributed by atoms with Gasteiger partial charge >= 0.3 is 0 Å². The van der Waals surface area contributed by atoms with Crippen LogP contribution in [0.15, 0.2) is 36.4 Å². The van der Waals surface area contributed by atoms with E-state index in [-0.39, 0.29) is 6.61 Å². The van der Waals surface area contributed by atoms with E-state index >= 15 is 0 Å². The highest BCUT2D eigenvalue weighted by Gasteiger charge is 2.04. The predicted octanol–water partition coefficient (Wildman–Crippen LogP) is 2.52. The summed E-state index contributed by atoms with van der Waals surface area (Å²) in [5.74, 6) is 0.877. The van der Waals surface area contributed by atoms with Crippen LogP contribution in [-0.2, 0) is 0 Å². The molecule has 0 aliphatic carbocycles. The van der Waals surface area contributed by atoms with Gasteiger partial charge in [-0.1, -0.05) is 36.4 Å². The largest absolute Gasteiger partial charge is 0.490 e. The molecule has 1 N–H and O–H groups in total. The second-order valence-corrected chi connectivity index (χ2v) is 3.50. The lowest BCUT2D eigenvalue weighted by molar-refractivity contribution is 0.202. The van der Waals surface area contributed by atoms with Crippen LogP contribution >= 0.6 is 0 Å². The maximum atomic E-state index is 8.77. The molecule has 2 rings (SSSR count). The molecule has 0 aliphatic heterocycles. The molecular weight excluding hydrogens is 188 g/mol. The van der Waals surface area contributed by atoms with Gasteiger partial charge in [-0.25, -0.2) is 0 Å². The van der Waals surface area contributed by atoms with E-state index in [0.29, 0.717) is 6.61 Å². The fraction of sp³-hybridized carbons (Fsp3) is 0.231. The zero-order chi connectivity index (χ0) is 10.7. The fourth-order valence-corrected chi connectivity index (χ4v) is 1.69. The van der Waals surface area contributed by atoms with E-state index in [1.54, 1.807) is 0 Å². The first kappa shape index (κ1) is 9.99. The Kier molecular flexibility index (Phi) is 2.88. The number of benzene rings is 2. The van der Waals surface area contributed by atoms with Crippen molar-refractivity contribution in [3.05, 3.63) is 42.0 Å². The maximum Gasteiger partial charge on any atom is 0.130 e. The number of aliphatic hydroxyl groups is 1. The van der Waals surface area contributed by atoms with Gasteiger partial charge in [0.25, 0.3) is 0 Å². The molecule has 0 saturated carbocycles. The van der Waals surface area contributed by atoms with Crippen LogP contribution in [0.4, 0.5) is 0 Å². The van der Waals surface area contributed by atoms with Gasteiger partial charge in [0, 0.05) is 5.39 Å². The Bertz CT molecular complexity index is 463. The summed E-state index contributed by atoms with van der Waals surface area (Å²) in [7, 11) is 0. The fourth-order valence-electron chi connectivity index (χ4n) is 1.69. The van der Waals surface area contributed by atoms with Crippen molar-refractivity contribution >= 4 is 10.8 Å². The summed E-state index contributed by atoms with van der Waals surface area (Å²) >= 11 is 0. The zero-order valence-electron chi connectivity index (χ0n) is 8.73. The third kappa shape index (κ3) is 1.95. The minimum atomic E-state index is 0.0443. The van der Waals surface area contributed by atoms with Gasteiger partial charge < -0.3 is 9.84 Å². The topological polar surface area (TPSA) is 29.5 Å². The van der Waals surface area contributed by atoms with E-state index < -0.39 is 0 Å². The van der Waals surface area contributed by atoms with Crippen molar-refractivity contribution in [2.45, 2.75) is 6.92 Å². The lowest BCUT2D eigenvalue weighted by Crippen LogP contribution is -2.03. The maximum absolute atomic E-state index is 8.77. The minimum Gasteiger partial charge on any atom is -0.490 e. The van der Waals surface area contributed by atoms with E-state index in [9.17, 15) is 0 Å². The normalized spacial score (nSPS) is 10.5. The van der Waals surface area contributed by atoms with Gasteiger partial charge in [0.15, 0.2) is 0 Å². The summed E-state index contributed by atoms with van der Waals surface area (Å²) in [5.41, 5.74) is 1.10. The number of hydrogen-bond donors (Lipinski definition) is 1. The van der Waals surface area contributed by atoms with Crippen molar-refractivity contribution in [2.24, 2.45) is 0 Å². The van der Waals surface area contributed by atoms with Gasteiger partial charge in [0.1, 0.15) is 12.4 Å². The Morgan fingerprint density at radius 1 is 1.13 bits per heavy atom. The number of hydrogen-bond acceptors (Lipinski definition) is 2. The molecule has 2 nitrogen and oxygen atoms in total. The highest BCUT2D eigenvalue weighted by atomic mass is 16.5. The lowest BCUT2D eigenvalue weighted by atomic mass is 10.1. The molecule has 2 aromatic carbocycles. The first-order valence-corrected chi connectivity index (χ1v) is 5.05. The lowest BCUT2D eigenvalue weighted by Gasteiger charge is -2.11. The van der Waals surface area contributed by atoms with Crippen molar-refractivity contribution in [3.8, 4) is 5.75 Å². The molecular formula is C13H14O2. The molecule has 0 spiro atoms. The molecule has 78 valence electrons. The predicted molar refractivity (Wildman–Crippen MR) is 61.3 cm³/mol. The number of aliphatic hydroxyl groups excluding tert-OH is 1. The number of rotatable bonds is 3. The third-order valence-corrected chi connectivity index (χ3v) is 2.41. The second kappa shape index (κ2) is 4.32. The molecule has 0 unspecified atom stereocenters. The molecule has 0 radical (unpaired) electrons. The number of aryl methyl sites for hydroxylation is 1. The Labute approximate surface area is 89.1 Å². The summed E-state index contributed by atoms with van der Waals surface area (Å²) in [5, 5.41) is 11.0. The molecule has 0 aromatic heterocycles. The van der Waals surface area contributed by atoms with Gasteiger partial charge in [0.05, 0.1) is 6.61 Å². The van der Waals surface area contributed by atoms with Crippen molar-refractivity contribution in [2.75, 3.05) is 13.2 Å². The van der Waals surface area contributed by atoms with Crippen molar-refractivity contribution in [1.82, 2.24) is 0 Å². The monoisotopic (exact) mass is 202 g/mol. The quantitative estimate of drug-likeness (QED) is 0.828. The van der Waals surface area contributed by atoms with Crippen molar-refractivity contribution in [1.29, 1.82) is 0 Å². The van der Waals surface area contributed by atoms with Crippen LogP contribution in [0.2, 0.25) is 0 Å². The van der Waals surface area contributed by atoms with Crippen LogP contribution in [0.1, 0.15) is 5.56 Å². The Balaban J connectivity index is 2.53. The molecule has 0 bridgehead atoms. The van der Waals surface area contributed by atoms with E-state index in [4.69, 9.17) is 9.84 Å². The van der Waals surface area contributed by atoms with E-state index in [0.717, 1.165) is 22.1 Å². The number of fused-ring (bicyclic) bond motifs is 1. The van der Waals surface area contributed by atoms with Gasteiger partial charge in [-0.15, -0.1) is 0 Å². The Morgan fingerprint density at radius 2 is 1.93 bits per heavy atom. The first-order valence-electron chi connectivity index (χ1n) is 5.05. The summed E-state index contributed by atoms with van der Waals surface area (Å²) in [6.07, 6.45) is 0. The highest BCUT2D eigenvalue weighted by Crippen LogP contribution is 2.29. The van der Waals surface area contributed by atoms with Crippen LogP contribution in [0, 0.1) is 6.92 Å². The second-order valence-electron chi connectivity index (χ2n) is 3.50. The molecule has 0 aliphatic rings. The average molecular weight is 202 g/mol. The van der Waals surface area contributed by atoms with Gasteiger partial charge in [-0.3, -0.25) is 0 Å². The molecule has 2 aromatic rings. The van der Waals surface area contributed by atoms with Crippen LogP contribution in [-0.4, -0.2) is 18.3 Å². The SMILES string of the molecule is Cc1ccc2ccccc2c1OCCO. The number of ether oxygens (including phenoxy) is 1. The van der Waals surface area contributed by atoms with Crippen LogP contribution in [0.3, 0.4) is 0 Å². The molecule has 0 atom stereocenters. The summed E-state index contributed by atoms with van der Waals surface area (Å²) in [6, 6.07) is 12.2. The highest BCUT2D eigenvalue weighted by molar-refractivity contribution is 5.89. The molecule has 0 amide bonds. The summed E-state index contributed by atoms with van der Waals surface area (Å²) in [6.45, 7) is 2.40. The molecule has 15 heavy (non-hydrogen) atoms. The standard InChI is InChI=1S/C13H14O2/c1-10-6-7-11-4-2-3-5-12(11)13(10)15-9-8-14/h2-7,14H,8-9H2,1H3. The van der Waals surface area contributed by atoms with Gasteiger partial charge in [-0.2, -0.15) is 0 Å². The van der Waals surface area contributed by atoms with Crippen molar-refractivity contribution < 1.29 is 9.84 Å². The summed E-state index contributed by atoms with van der Waals surface area (Å²) in [4.78, 5) is 0. The van der Waals surface area contributed by atoms with Crippen LogP contribution < -0.4 is 4.74 Å². The molecule has 0 fully saturated rings. The Hall–Kier alpha value is -1.54. The van der Waals surface area contributed by atoms with Crippen LogP contribution in [0.5, 0.6) is 5.75 Å². The Morgan fingerprint density at radius 3 is 2.73 bits per heavy atom. The minimum absolute atomic E-state index is 0.0443. The molecule has 2 heteroatoms.